The van der Waals surface area contributed by atoms with Crippen molar-refractivity contribution in [1.29, 1.82) is 0 Å². The molecule has 0 aliphatic carbocycles. The van der Waals surface area contributed by atoms with Crippen molar-refractivity contribution in [2.24, 2.45) is 0 Å². The second-order valence-electron chi connectivity index (χ2n) is 6.88. The van der Waals surface area contributed by atoms with Gasteiger partial charge in [0.05, 0.1) is 12.6 Å². The number of unbranched alkanes of at least 4 members (excludes halogenated alkanes) is 1. The molecule has 1 aromatic heterocycles. The first-order chi connectivity index (χ1) is 12.2. The van der Waals surface area contributed by atoms with Gasteiger partial charge in [-0.15, -0.1) is 0 Å². The Labute approximate surface area is 156 Å². The van der Waals surface area contributed by atoms with Gasteiger partial charge in [0.2, 0.25) is 5.91 Å². The molecule has 0 fully saturated rings. The minimum absolute atomic E-state index is 0.0147. The number of ether oxygens (including phenoxy) is 1. The number of ketones is 1. The van der Waals surface area contributed by atoms with Crippen LogP contribution in [0.25, 0.3) is 0 Å². The number of nitrogens with one attached hydrogen (secondary N) is 1. The van der Waals surface area contributed by atoms with E-state index in [9.17, 15) is 14.4 Å². The molecule has 0 aliphatic rings. The summed E-state index contributed by atoms with van der Waals surface area (Å²) in [7, 11) is 0. The molecule has 0 radical (unpaired) electrons. The lowest BCUT2D eigenvalue weighted by Gasteiger charge is -2.32. The number of carbonyl (C=O) groups excluding carboxylic acids is 3. The molecule has 0 bridgehead atoms. The molecular weight excluding hydrogens is 332 g/mol. The van der Waals surface area contributed by atoms with Gasteiger partial charge < -0.3 is 14.6 Å². The third kappa shape index (κ3) is 4.74. The predicted molar refractivity (Wildman–Crippen MR) is 102 cm³/mol. The normalized spacial score (nSPS) is 12.2. The number of esters is 1. The van der Waals surface area contributed by atoms with Crippen molar-refractivity contribution in [3.05, 3.63) is 22.5 Å². The topological polar surface area (TPSA) is 79.5 Å². The fourth-order valence-electron chi connectivity index (χ4n) is 3.27. The van der Waals surface area contributed by atoms with Gasteiger partial charge in [0.25, 0.3) is 0 Å². The number of aromatic amines is 1. The highest BCUT2D eigenvalue weighted by Gasteiger charge is 2.32. The maximum absolute atomic E-state index is 13.1. The van der Waals surface area contributed by atoms with E-state index in [2.05, 4.69) is 4.98 Å². The van der Waals surface area contributed by atoms with Crippen LogP contribution in [0, 0.1) is 13.8 Å². The van der Waals surface area contributed by atoms with Crippen molar-refractivity contribution < 1.29 is 19.1 Å². The third-order valence-electron chi connectivity index (χ3n) is 4.55. The summed E-state index contributed by atoms with van der Waals surface area (Å²) in [5, 5.41) is 0. The molecule has 1 unspecified atom stereocenters. The van der Waals surface area contributed by atoms with E-state index in [0.717, 1.165) is 12.8 Å². The molecule has 0 saturated heterocycles. The molecule has 0 aromatic carbocycles. The molecule has 0 spiro atoms. The van der Waals surface area contributed by atoms with Gasteiger partial charge in [-0.3, -0.25) is 9.59 Å². The van der Waals surface area contributed by atoms with Gasteiger partial charge in [-0.25, -0.2) is 4.79 Å². The number of carbonyl (C=O) groups is 3. The van der Waals surface area contributed by atoms with Crippen molar-refractivity contribution >= 4 is 17.7 Å². The summed E-state index contributed by atoms with van der Waals surface area (Å²) in [6, 6.07) is -0.676. The van der Waals surface area contributed by atoms with Crippen LogP contribution >= 0.6 is 0 Å². The second-order valence-corrected chi connectivity index (χ2v) is 6.88. The highest BCUT2D eigenvalue weighted by Crippen LogP contribution is 2.23. The van der Waals surface area contributed by atoms with Gasteiger partial charge >= 0.3 is 5.97 Å². The third-order valence-corrected chi connectivity index (χ3v) is 4.55. The quantitative estimate of drug-likeness (QED) is 0.534. The summed E-state index contributed by atoms with van der Waals surface area (Å²) < 4.78 is 5.04. The van der Waals surface area contributed by atoms with Crippen LogP contribution in [0.15, 0.2) is 0 Å². The zero-order valence-electron chi connectivity index (χ0n) is 17.1. The summed E-state index contributed by atoms with van der Waals surface area (Å²) in [6.07, 6.45) is 2.17. The highest BCUT2D eigenvalue weighted by molar-refractivity contribution is 6.06. The van der Waals surface area contributed by atoms with Crippen LogP contribution in [-0.4, -0.2) is 46.2 Å². The number of H-pyrrole nitrogens is 1. The Morgan fingerprint density at radius 1 is 1.12 bits per heavy atom. The Hall–Kier alpha value is -2.11. The number of nitrogens with zero attached hydrogens (tertiary/aromatic N) is 1. The molecule has 146 valence electrons. The minimum atomic E-state index is -0.595. The molecule has 0 aliphatic heterocycles. The van der Waals surface area contributed by atoms with Crippen molar-refractivity contribution in [2.75, 3.05) is 6.61 Å². The minimum Gasteiger partial charge on any atom is -0.461 e. The molecule has 1 N–H and O–H groups in total. The first kappa shape index (κ1) is 21.9. The number of hydrogen-bond donors (Lipinski definition) is 1. The molecule has 26 heavy (non-hydrogen) atoms. The van der Waals surface area contributed by atoms with E-state index in [1.165, 1.54) is 0 Å². The van der Waals surface area contributed by atoms with E-state index < -0.39 is 12.0 Å². The van der Waals surface area contributed by atoms with E-state index in [1.54, 1.807) is 32.6 Å². The largest absolute Gasteiger partial charge is 0.461 e. The summed E-state index contributed by atoms with van der Waals surface area (Å²) in [5.74, 6) is -0.649. The monoisotopic (exact) mass is 364 g/mol. The molecule has 1 atom stereocenters. The maximum Gasteiger partial charge on any atom is 0.355 e. The fraction of sp³-hybridized carbons (Fsp3) is 0.650. The van der Waals surface area contributed by atoms with Gasteiger partial charge in [-0.05, 0) is 53.5 Å². The molecule has 6 nitrogen and oxygen atoms in total. The zero-order chi connectivity index (χ0) is 20.0. The Balaban J connectivity index is 3.17. The number of aromatic nitrogens is 1. The SMILES string of the molecule is CCCCC(=O)N(C(C)C)C(C)C(=O)c1c(C)[nH]c(C(=O)OCC)c1C. The standard InChI is InChI=1S/C20H32N2O4/c1-8-10-11-16(23)22(12(3)4)15(7)19(24)17-13(5)18(21-14(17)6)20(25)26-9-2/h12,15,21H,8-11H2,1-7H3. The lowest BCUT2D eigenvalue weighted by Crippen LogP contribution is -2.47. The second kappa shape index (κ2) is 9.55. The average molecular weight is 364 g/mol. The summed E-state index contributed by atoms with van der Waals surface area (Å²) in [6.45, 7) is 13.1. The molecule has 1 aromatic rings. The first-order valence-electron chi connectivity index (χ1n) is 9.38. The highest BCUT2D eigenvalue weighted by atomic mass is 16.5. The molecule has 0 saturated carbocycles. The van der Waals surface area contributed by atoms with Crippen LogP contribution in [0.5, 0.6) is 0 Å². The number of hydrogen-bond acceptors (Lipinski definition) is 4. The number of Topliss-reactive ketones (excluding diaryl/α,β-unsaturated/α-hetero) is 1. The van der Waals surface area contributed by atoms with Crippen LogP contribution in [0.3, 0.4) is 0 Å². The van der Waals surface area contributed by atoms with Crippen molar-refractivity contribution in [1.82, 2.24) is 9.88 Å². The lowest BCUT2D eigenvalue weighted by molar-refractivity contribution is -0.134. The van der Waals surface area contributed by atoms with E-state index in [1.807, 2.05) is 20.8 Å². The number of amides is 1. The Morgan fingerprint density at radius 3 is 2.23 bits per heavy atom. The molecule has 1 rings (SSSR count). The van der Waals surface area contributed by atoms with Crippen LogP contribution < -0.4 is 0 Å². The zero-order valence-corrected chi connectivity index (χ0v) is 17.1. The van der Waals surface area contributed by atoms with Crippen molar-refractivity contribution in [3.63, 3.8) is 0 Å². The molecular formula is C20H32N2O4. The average Bonchev–Trinajstić information content (AvgIpc) is 2.86. The van der Waals surface area contributed by atoms with E-state index in [4.69, 9.17) is 4.74 Å². The summed E-state index contributed by atoms with van der Waals surface area (Å²) in [4.78, 5) is 42.4. The van der Waals surface area contributed by atoms with Gasteiger partial charge in [0.15, 0.2) is 5.78 Å². The summed E-state index contributed by atoms with van der Waals surface area (Å²) in [5.41, 5.74) is 1.96. The maximum atomic E-state index is 13.1. The van der Waals surface area contributed by atoms with Crippen LogP contribution in [0.2, 0.25) is 0 Å². The van der Waals surface area contributed by atoms with Gasteiger partial charge in [-0.2, -0.15) is 0 Å². The van der Waals surface area contributed by atoms with Crippen LogP contribution in [0.1, 0.15) is 86.0 Å². The summed E-state index contributed by atoms with van der Waals surface area (Å²) >= 11 is 0. The van der Waals surface area contributed by atoms with Crippen LogP contribution in [-0.2, 0) is 9.53 Å². The Morgan fingerprint density at radius 2 is 1.73 bits per heavy atom. The molecule has 6 heteroatoms. The number of rotatable bonds is 9. The molecule has 1 heterocycles. The number of aryl methyl sites for hydroxylation is 1. The predicted octanol–water partition coefficient (Wildman–Crippen LogP) is 3.81. The van der Waals surface area contributed by atoms with E-state index in [0.29, 0.717) is 28.9 Å². The Kier molecular flexibility index (Phi) is 8.06. The van der Waals surface area contributed by atoms with Gasteiger partial charge in [-0.1, -0.05) is 13.3 Å². The van der Waals surface area contributed by atoms with Crippen molar-refractivity contribution in [2.45, 2.75) is 79.8 Å². The fourth-order valence-corrected chi connectivity index (χ4v) is 3.27. The Bertz CT molecular complexity index is 661. The smallest absolute Gasteiger partial charge is 0.355 e. The van der Waals surface area contributed by atoms with E-state index in [-0.39, 0.29) is 24.3 Å². The van der Waals surface area contributed by atoms with Crippen molar-refractivity contribution in [3.8, 4) is 0 Å². The van der Waals surface area contributed by atoms with Crippen LogP contribution in [0.4, 0.5) is 0 Å². The van der Waals surface area contributed by atoms with Gasteiger partial charge in [0, 0.05) is 23.7 Å². The van der Waals surface area contributed by atoms with Gasteiger partial charge in [0.1, 0.15) is 5.69 Å². The first-order valence-corrected chi connectivity index (χ1v) is 9.38. The molecule has 1 amide bonds. The lowest BCUT2D eigenvalue weighted by atomic mass is 9.98. The van der Waals surface area contributed by atoms with E-state index >= 15 is 0 Å².